The van der Waals surface area contributed by atoms with Crippen molar-refractivity contribution in [2.45, 2.75) is 38.8 Å². The van der Waals surface area contributed by atoms with Crippen LogP contribution < -0.4 is 14.8 Å². The topological polar surface area (TPSA) is 100 Å². The van der Waals surface area contributed by atoms with Crippen LogP contribution in [0.1, 0.15) is 36.5 Å². The van der Waals surface area contributed by atoms with E-state index in [1.165, 1.54) is 11.3 Å². The number of aromatic nitrogens is 4. The summed E-state index contributed by atoms with van der Waals surface area (Å²) in [6.07, 6.45) is 3.70. The molecule has 36 heavy (non-hydrogen) atoms. The van der Waals surface area contributed by atoms with E-state index in [-0.39, 0.29) is 5.91 Å². The first-order chi connectivity index (χ1) is 17.4. The Hall–Kier alpha value is -3.76. The number of benzene rings is 2. The first-order valence-corrected chi connectivity index (χ1v) is 12.5. The Morgan fingerprint density at radius 1 is 1.11 bits per heavy atom. The minimum absolute atomic E-state index is 0.305. The molecule has 0 spiro atoms. The number of amides is 1. The molecule has 3 heterocycles. The van der Waals surface area contributed by atoms with E-state index in [0.29, 0.717) is 34.6 Å². The average molecular weight is 506 g/mol. The van der Waals surface area contributed by atoms with Crippen LogP contribution >= 0.6 is 11.3 Å². The number of aryl methyl sites for hydroxylation is 1. The number of anilines is 1. The molecule has 1 N–H and O–H groups in total. The molecule has 0 radical (unpaired) electrons. The predicted octanol–water partition coefficient (Wildman–Crippen LogP) is 5.20. The van der Waals surface area contributed by atoms with Crippen LogP contribution in [0.5, 0.6) is 17.2 Å². The minimum Gasteiger partial charge on any atom is -0.485 e. The second-order valence-electron chi connectivity index (χ2n) is 9.10. The van der Waals surface area contributed by atoms with Crippen molar-refractivity contribution in [1.82, 2.24) is 19.7 Å². The van der Waals surface area contributed by atoms with Crippen LogP contribution in [-0.2, 0) is 17.7 Å². The predicted molar refractivity (Wildman–Crippen MR) is 137 cm³/mol. The summed E-state index contributed by atoms with van der Waals surface area (Å²) in [6.45, 7) is 5.15. The number of thiazole rings is 1. The number of rotatable bonds is 9. The van der Waals surface area contributed by atoms with Crippen molar-refractivity contribution < 1.29 is 19.0 Å². The van der Waals surface area contributed by atoms with Crippen LogP contribution in [0.2, 0.25) is 0 Å². The number of hydrogen-bond acceptors (Lipinski definition) is 8. The molecule has 0 aliphatic carbocycles. The molecule has 0 bridgehead atoms. The summed E-state index contributed by atoms with van der Waals surface area (Å²) in [5.41, 5.74) is 0.766. The van der Waals surface area contributed by atoms with Gasteiger partial charge in [-0.25, -0.2) is 4.98 Å². The summed E-state index contributed by atoms with van der Waals surface area (Å²) in [5, 5.41) is 13.7. The number of fused-ring (bicyclic) bond motifs is 1. The van der Waals surface area contributed by atoms with Gasteiger partial charge >= 0.3 is 0 Å². The van der Waals surface area contributed by atoms with E-state index >= 15 is 0 Å². The number of hydrogen-bond donors (Lipinski definition) is 1. The van der Waals surface area contributed by atoms with E-state index in [1.54, 1.807) is 36.9 Å². The van der Waals surface area contributed by atoms with Crippen molar-refractivity contribution in [3.05, 3.63) is 65.4 Å². The van der Waals surface area contributed by atoms with Gasteiger partial charge < -0.3 is 18.8 Å². The van der Waals surface area contributed by atoms with Gasteiger partial charge in [0.2, 0.25) is 0 Å². The number of carbonyl (C=O) groups is 1. The van der Waals surface area contributed by atoms with Crippen molar-refractivity contribution >= 4 is 22.4 Å². The van der Waals surface area contributed by atoms with Crippen LogP contribution in [0.15, 0.2) is 54.0 Å². The van der Waals surface area contributed by atoms with E-state index in [9.17, 15) is 4.79 Å². The molecule has 4 aromatic rings. The van der Waals surface area contributed by atoms with Crippen LogP contribution in [0, 0.1) is 0 Å². The second-order valence-corrected chi connectivity index (χ2v) is 10.00. The molecule has 10 heteroatoms. The van der Waals surface area contributed by atoms with E-state index < -0.39 is 5.60 Å². The molecule has 1 aliphatic rings. The third-order valence-electron chi connectivity index (χ3n) is 5.64. The largest absolute Gasteiger partial charge is 0.485 e. The maximum atomic E-state index is 12.9. The van der Waals surface area contributed by atoms with Gasteiger partial charge in [0.05, 0.1) is 6.61 Å². The van der Waals surface area contributed by atoms with E-state index in [0.717, 1.165) is 36.6 Å². The van der Waals surface area contributed by atoms with Crippen molar-refractivity contribution in [2.75, 3.05) is 19.0 Å². The highest BCUT2D eigenvalue weighted by molar-refractivity contribution is 7.13. The number of nitrogens with one attached hydrogen (secondary N) is 1. The first-order valence-electron chi connectivity index (χ1n) is 11.6. The molecular weight excluding hydrogens is 478 g/mol. The highest BCUT2D eigenvalue weighted by Crippen LogP contribution is 2.32. The summed E-state index contributed by atoms with van der Waals surface area (Å²) in [5.74, 6) is 3.18. The molecule has 186 valence electrons. The van der Waals surface area contributed by atoms with Crippen LogP contribution in [0.25, 0.3) is 11.4 Å². The standard InChI is InChI=1S/C26H27N5O4S/c1-26(2,16-33-3)35-21-14-18(24(32)28-25-27-10-12-36-25)13-20(15-21)34-19-8-6-17(7-9-19)23-30-29-22-5-4-11-31(22)23/h6-10,12-15H,4-5,11,16H2,1-3H3,(H,27,28,32). The zero-order chi connectivity index (χ0) is 25.1. The Balaban J connectivity index is 1.39. The highest BCUT2D eigenvalue weighted by Gasteiger charge is 2.22. The van der Waals surface area contributed by atoms with Gasteiger partial charge in [-0.15, -0.1) is 21.5 Å². The van der Waals surface area contributed by atoms with Crippen molar-refractivity contribution in [3.63, 3.8) is 0 Å². The Labute approximate surface area is 213 Å². The fourth-order valence-corrected chi connectivity index (χ4v) is 4.67. The summed E-state index contributed by atoms with van der Waals surface area (Å²) in [7, 11) is 1.62. The normalized spacial score (nSPS) is 12.9. The lowest BCUT2D eigenvalue weighted by molar-refractivity contribution is 0.0179. The molecule has 2 aromatic carbocycles. The zero-order valence-electron chi connectivity index (χ0n) is 20.4. The van der Waals surface area contributed by atoms with Gasteiger partial charge in [0.15, 0.2) is 11.0 Å². The quantitative estimate of drug-likeness (QED) is 0.334. The lowest BCUT2D eigenvalue weighted by Gasteiger charge is -2.26. The molecule has 0 unspecified atom stereocenters. The molecule has 9 nitrogen and oxygen atoms in total. The van der Waals surface area contributed by atoms with Gasteiger partial charge in [0, 0.05) is 48.8 Å². The Morgan fingerprint density at radius 2 is 1.92 bits per heavy atom. The summed E-state index contributed by atoms with van der Waals surface area (Å²) in [6, 6.07) is 12.8. The lowest BCUT2D eigenvalue weighted by atomic mass is 10.1. The van der Waals surface area contributed by atoms with Gasteiger partial charge in [-0.1, -0.05) is 0 Å². The van der Waals surface area contributed by atoms with Crippen LogP contribution in [0.4, 0.5) is 5.13 Å². The number of nitrogens with zero attached hydrogens (tertiary/aromatic N) is 4. The van der Waals surface area contributed by atoms with E-state index in [2.05, 4.69) is 25.1 Å². The molecule has 2 aromatic heterocycles. The van der Waals surface area contributed by atoms with Gasteiger partial charge in [-0.2, -0.15) is 0 Å². The minimum atomic E-state index is -0.601. The van der Waals surface area contributed by atoms with Gasteiger partial charge in [-0.05, 0) is 56.7 Å². The SMILES string of the molecule is COCC(C)(C)Oc1cc(Oc2ccc(-c3nnc4n3CCC4)cc2)cc(C(=O)Nc2nccs2)c1. The van der Waals surface area contributed by atoms with E-state index in [1.807, 2.05) is 38.1 Å². The van der Waals surface area contributed by atoms with Gasteiger partial charge in [0.25, 0.3) is 5.91 Å². The Kier molecular flexibility index (Phi) is 6.71. The maximum absolute atomic E-state index is 12.9. The van der Waals surface area contributed by atoms with Crippen LogP contribution in [0.3, 0.4) is 0 Å². The van der Waals surface area contributed by atoms with Gasteiger partial charge in [-0.3, -0.25) is 10.1 Å². The molecular formula is C26H27N5O4S. The molecule has 0 saturated heterocycles. The van der Waals surface area contributed by atoms with Crippen molar-refractivity contribution in [1.29, 1.82) is 0 Å². The van der Waals surface area contributed by atoms with E-state index in [4.69, 9.17) is 14.2 Å². The summed E-state index contributed by atoms with van der Waals surface area (Å²) >= 11 is 1.35. The number of ether oxygens (including phenoxy) is 3. The number of methoxy groups -OCH3 is 1. The average Bonchev–Trinajstić information content (AvgIpc) is 3.58. The third-order valence-corrected chi connectivity index (χ3v) is 6.33. The Bertz CT molecular complexity index is 1350. The second kappa shape index (κ2) is 10.1. The fraction of sp³-hybridized carbons (Fsp3) is 0.308. The fourth-order valence-electron chi connectivity index (χ4n) is 4.14. The first kappa shape index (κ1) is 24.0. The monoisotopic (exact) mass is 505 g/mol. The van der Waals surface area contributed by atoms with Crippen molar-refractivity contribution in [3.8, 4) is 28.6 Å². The Morgan fingerprint density at radius 3 is 2.67 bits per heavy atom. The zero-order valence-corrected chi connectivity index (χ0v) is 21.2. The van der Waals surface area contributed by atoms with Crippen molar-refractivity contribution in [2.24, 2.45) is 0 Å². The third kappa shape index (κ3) is 5.39. The lowest BCUT2D eigenvalue weighted by Crippen LogP contribution is -2.33. The molecule has 0 fully saturated rings. The molecule has 0 atom stereocenters. The molecule has 5 rings (SSSR count). The van der Waals surface area contributed by atoms with Gasteiger partial charge in [0.1, 0.15) is 28.7 Å². The summed E-state index contributed by atoms with van der Waals surface area (Å²) in [4.78, 5) is 17.1. The molecule has 1 amide bonds. The summed E-state index contributed by atoms with van der Waals surface area (Å²) < 4.78 is 19.7. The number of carbonyl (C=O) groups excluding carboxylic acids is 1. The maximum Gasteiger partial charge on any atom is 0.257 e. The highest BCUT2D eigenvalue weighted by atomic mass is 32.1. The molecule has 0 saturated carbocycles. The molecule has 1 aliphatic heterocycles. The van der Waals surface area contributed by atoms with Crippen LogP contribution in [-0.4, -0.2) is 45.0 Å². The smallest absolute Gasteiger partial charge is 0.257 e.